The number of benzene rings is 2. The van der Waals surface area contributed by atoms with Crippen molar-refractivity contribution in [2.45, 2.75) is 25.6 Å². The molecule has 0 bridgehead atoms. The van der Waals surface area contributed by atoms with E-state index in [4.69, 9.17) is 4.52 Å². The first-order valence-electron chi connectivity index (χ1n) is 9.52. The number of carbonyl (C=O) groups excluding carboxylic acids is 3. The Balaban J connectivity index is 1.43. The van der Waals surface area contributed by atoms with Gasteiger partial charge in [0.2, 0.25) is 5.89 Å². The maximum absolute atomic E-state index is 13.6. The van der Waals surface area contributed by atoms with Crippen LogP contribution in [0.5, 0.6) is 0 Å². The van der Waals surface area contributed by atoms with E-state index < -0.39 is 29.1 Å². The second-order valence-electron chi connectivity index (χ2n) is 7.23. The summed E-state index contributed by atoms with van der Waals surface area (Å²) in [5, 5.41) is 8.84. The third kappa shape index (κ3) is 3.92. The van der Waals surface area contributed by atoms with Crippen molar-refractivity contribution in [3.63, 3.8) is 0 Å². The molecule has 2 heterocycles. The van der Waals surface area contributed by atoms with Crippen molar-refractivity contribution in [3.8, 4) is 0 Å². The number of amides is 4. The Morgan fingerprint density at radius 3 is 2.62 bits per heavy atom. The van der Waals surface area contributed by atoms with E-state index in [1.807, 2.05) is 0 Å². The molecule has 11 heteroatoms. The van der Waals surface area contributed by atoms with Crippen LogP contribution in [0.3, 0.4) is 0 Å². The molecule has 164 valence electrons. The third-order valence-electron chi connectivity index (χ3n) is 5.02. The lowest BCUT2D eigenvalue weighted by atomic mass is 9.92. The summed E-state index contributed by atoms with van der Waals surface area (Å²) in [5.74, 6) is -3.10. The summed E-state index contributed by atoms with van der Waals surface area (Å²) in [4.78, 5) is 42.3. The topological polar surface area (TPSA) is 117 Å². The first kappa shape index (κ1) is 21.1. The number of urea groups is 1. The van der Waals surface area contributed by atoms with Crippen LogP contribution in [-0.4, -0.2) is 32.9 Å². The molecule has 1 saturated heterocycles. The highest BCUT2D eigenvalue weighted by Gasteiger charge is 2.49. The molecule has 3 aromatic rings. The van der Waals surface area contributed by atoms with Gasteiger partial charge in [0, 0.05) is 5.56 Å². The number of rotatable bonds is 6. The van der Waals surface area contributed by atoms with Gasteiger partial charge in [-0.25, -0.2) is 13.6 Å². The molecule has 4 rings (SSSR count). The SMILES string of the molecule is CC1(c2ccc(F)c(F)c2)NC(=O)N(Cc2nc(CNC(=O)c3ccccc3)no2)C1=O. The Kier molecular flexibility index (Phi) is 5.39. The van der Waals surface area contributed by atoms with Crippen molar-refractivity contribution in [2.24, 2.45) is 0 Å². The molecule has 1 atom stereocenters. The minimum absolute atomic E-state index is 0.0239. The Morgan fingerprint density at radius 1 is 1.16 bits per heavy atom. The summed E-state index contributed by atoms with van der Waals surface area (Å²) < 4.78 is 32.0. The van der Waals surface area contributed by atoms with E-state index in [1.54, 1.807) is 30.3 Å². The van der Waals surface area contributed by atoms with Crippen LogP contribution in [0.15, 0.2) is 53.1 Å². The second-order valence-corrected chi connectivity index (χ2v) is 7.23. The summed E-state index contributed by atoms with van der Waals surface area (Å²) >= 11 is 0. The molecule has 1 unspecified atom stereocenters. The van der Waals surface area contributed by atoms with Crippen molar-refractivity contribution < 1.29 is 27.7 Å². The Hall–Kier alpha value is -4.15. The van der Waals surface area contributed by atoms with Gasteiger partial charge in [-0.3, -0.25) is 14.5 Å². The van der Waals surface area contributed by atoms with Crippen LogP contribution in [-0.2, 0) is 23.4 Å². The monoisotopic (exact) mass is 441 g/mol. The van der Waals surface area contributed by atoms with Gasteiger partial charge >= 0.3 is 6.03 Å². The minimum Gasteiger partial charge on any atom is -0.345 e. The van der Waals surface area contributed by atoms with Crippen LogP contribution in [0.1, 0.15) is 34.6 Å². The van der Waals surface area contributed by atoms with Crippen LogP contribution in [0.25, 0.3) is 0 Å². The maximum Gasteiger partial charge on any atom is 0.325 e. The smallest absolute Gasteiger partial charge is 0.325 e. The summed E-state index contributed by atoms with van der Waals surface area (Å²) in [6, 6.07) is 10.8. The third-order valence-corrected chi connectivity index (χ3v) is 5.02. The Morgan fingerprint density at radius 2 is 1.91 bits per heavy atom. The number of imide groups is 1. The Bertz CT molecular complexity index is 1200. The van der Waals surface area contributed by atoms with Gasteiger partial charge in [-0.2, -0.15) is 4.98 Å². The zero-order valence-corrected chi connectivity index (χ0v) is 16.8. The molecule has 9 nitrogen and oxygen atoms in total. The second kappa shape index (κ2) is 8.17. The lowest BCUT2D eigenvalue weighted by Crippen LogP contribution is -2.41. The highest BCUT2D eigenvalue weighted by molar-refractivity contribution is 6.07. The number of nitrogens with zero attached hydrogens (tertiary/aromatic N) is 3. The normalized spacial score (nSPS) is 18.0. The van der Waals surface area contributed by atoms with E-state index in [9.17, 15) is 23.2 Å². The first-order chi connectivity index (χ1) is 15.3. The number of carbonyl (C=O) groups is 3. The van der Waals surface area contributed by atoms with Gasteiger partial charge in [0.25, 0.3) is 11.8 Å². The van der Waals surface area contributed by atoms with Crippen LogP contribution in [0.2, 0.25) is 0 Å². The number of aromatic nitrogens is 2. The molecule has 1 aliphatic heterocycles. The molecule has 1 aromatic heterocycles. The number of nitrogens with one attached hydrogen (secondary N) is 2. The highest BCUT2D eigenvalue weighted by Crippen LogP contribution is 2.30. The van der Waals surface area contributed by atoms with E-state index in [2.05, 4.69) is 20.8 Å². The molecule has 32 heavy (non-hydrogen) atoms. The molecule has 2 N–H and O–H groups in total. The van der Waals surface area contributed by atoms with E-state index in [-0.39, 0.29) is 36.3 Å². The first-order valence-corrected chi connectivity index (χ1v) is 9.52. The van der Waals surface area contributed by atoms with E-state index in [1.165, 1.54) is 13.0 Å². The highest BCUT2D eigenvalue weighted by atomic mass is 19.2. The van der Waals surface area contributed by atoms with Crippen molar-refractivity contribution in [1.82, 2.24) is 25.7 Å². The van der Waals surface area contributed by atoms with Gasteiger partial charge in [-0.05, 0) is 36.8 Å². The maximum atomic E-state index is 13.6. The van der Waals surface area contributed by atoms with Gasteiger partial charge in [0.1, 0.15) is 12.1 Å². The minimum atomic E-state index is -1.59. The molecule has 0 spiro atoms. The number of hydrogen-bond acceptors (Lipinski definition) is 6. The van der Waals surface area contributed by atoms with Crippen LogP contribution in [0, 0.1) is 11.6 Å². The van der Waals surface area contributed by atoms with Gasteiger partial charge in [0.15, 0.2) is 17.5 Å². The number of halogens is 2. The average Bonchev–Trinajstić information content (AvgIpc) is 3.33. The largest absolute Gasteiger partial charge is 0.345 e. The fourth-order valence-corrected chi connectivity index (χ4v) is 3.26. The molecule has 1 fully saturated rings. The summed E-state index contributed by atoms with van der Waals surface area (Å²) in [6.07, 6.45) is 0. The molecule has 0 aliphatic carbocycles. The van der Waals surface area contributed by atoms with Crippen molar-refractivity contribution in [1.29, 1.82) is 0 Å². The zero-order valence-electron chi connectivity index (χ0n) is 16.8. The molecule has 0 saturated carbocycles. The lowest BCUT2D eigenvalue weighted by Gasteiger charge is -2.22. The van der Waals surface area contributed by atoms with Gasteiger partial charge < -0.3 is 15.2 Å². The van der Waals surface area contributed by atoms with Crippen molar-refractivity contribution in [3.05, 3.63) is 83.0 Å². The molecule has 0 radical (unpaired) electrons. The number of hydrogen-bond donors (Lipinski definition) is 2. The molecular formula is C21H17F2N5O4. The van der Waals surface area contributed by atoms with Gasteiger partial charge in [0.05, 0.1) is 6.54 Å². The summed E-state index contributed by atoms with van der Waals surface area (Å²) in [7, 11) is 0. The standard InChI is InChI=1S/C21H17F2N5O4/c1-21(13-7-8-14(22)15(23)9-13)19(30)28(20(31)26-21)11-17-25-16(27-32-17)10-24-18(29)12-5-3-2-4-6-12/h2-9H,10-11H2,1H3,(H,24,29)(H,26,31). The fraction of sp³-hybridized carbons (Fsp3) is 0.190. The fourth-order valence-electron chi connectivity index (χ4n) is 3.26. The summed E-state index contributed by atoms with van der Waals surface area (Å²) in [5.41, 5.74) is -1.03. The molecule has 4 amide bonds. The molecular weight excluding hydrogens is 424 g/mol. The lowest BCUT2D eigenvalue weighted by molar-refractivity contribution is -0.131. The predicted molar refractivity (Wildman–Crippen MR) is 105 cm³/mol. The van der Waals surface area contributed by atoms with Crippen molar-refractivity contribution >= 4 is 17.8 Å². The Labute approximate surface area is 180 Å². The molecule has 1 aliphatic rings. The van der Waals surface area contributed by atoms with Crippen LogP contribution < -0.4 is 10.6 Å². The predicted octanol–water partition coefficient (Wildman–Crippen LogP) is 2.25. The van der Waals surface area contributed by atoms with Gasteiger partial charge in [-0.15, -0.1) is 0 Å². The van der Waals surface area contributed by atoms with E-state index in [0.717, 1.165) is 17.0 Å². The molecule has 2 aromatic carbocycles. The van der Waals surface area contributed by atoms with Gasteiger partial charge in [-0.1, -0.05) is 29.4 Å². The van der Waals surface area contributed by atoms with E-state index in [0.29, 0.717) is 5.56 Å². The average molecular weight is 441 g/mol. The zero-order chi connectivity index (χ0) is 22.9. The van der Waals surface area contributed by atoms with Crippen molar-refractivity contribution in [2.75, 3.05) is 0 Å². The van der Waals surface area contributed by atoms with E-state index >= 15 is 0 Å². The summed E-state index contributed by atoms with van der Waals surface area (Å²) in [6.45, 7) is 1.03. The van der Waals surface area contributed by atoms with Crippen LogP contribution >= 0.6 is 0 Å². The van der Waals surface area contributed by atoms with Crippen LogP contribution in [0.4, 0.5) is 13.6 Å². The quantitative estimate of drug-likeness (QED) is 0.567.